The number of aryl methyl sites for hydroxylation is 2. The van der Waals surface area contributed by atoms with Crippen molar-refractivity contribution in [3.8, 4) is 11.4 Å². The molecule has 2 amide bonds. The normalized spacial score (nSPS) is 19.1. The molecule has 1 atom stereocenters. The third-order valence-corrected chi connectivity index (χ3v) is 7.17. The van der Waals surface area contributed by atoms with Gasteiger partial charge in [0.2, 0.25) is 23.5 Å². The van der Waals surface area contributed by atoms with Crippen molar-refractivity contribution in [1.82, 2.24) is 15.0 Å². The smallest absolute Gasteiger partial charge is 0.228 e. The zero-order valence-electron chi connectivity index (χ0n) is 19.7. The Morgan fingerprint density at radius 2 is 1.82 bits per heavy atom. The van der Waals surface area contributed by atoms with Gasteiger partial charge >= 0.3 is 0 Å². The first kappa shape index (κ1) is 22.3. The monoisotopic (exact) mass is 458 g/mol. The zero-order valence-corrected chi connectivity index (χ0v) is 19.7. The number of carbonyl (C=O) groups is 2. The molecular formula is C27H30N4O3. The zero-order chi connectivity index (χ0) is 23.7. The minimum atomic E-state index is -0.268. The van der Waals surface area contributed by atoms with Crippen LogP contribution in [0.3, 0.4) is 0 Å². The molecule has 3 heterocycles. The summed E-state index contributed by atoms with van der Waals surface area (Å²) < 4.78 is 5.47. The number of aromatic nitrogens is 2. The van der Waals surface area contributed by atoms with Gasteiger partial charge in [0.25, 0.3) is 0 Å². The van der Waals surface area contributed by atoms with E-state index in [1.807, 2.05) is 60.4 Å². The molecule has 5 rings (SSSR count). The van der Waals surface area contributed by atoms with Crippen LogP contribution in [0.4, 0.5) is 5.69 Å². The van der Waals surface area contributed by atoms with E-state index in [1.54, 1.807) is 4.90 Å². The molecule has 1 aromatic heterocycles. The number of amides is 2. The lowest BCUT2D eigenvalue weighted by Gasteiger charge is -2.33. The summed E-state index contributed by atoms with van der Waals surface area (Å²) in [6.45, 7) is 5.98. The number of likely N-dealkylation sites (tertiary alicyclic amines) is 1. The van der Waals surface area contributed by atoms with E-state index in [9.17, 15) is 9.59 Å². The van der Waals surface area contributed by atoms with Crippen molar-refractivity contribution in [3.05, 3.63) is 65.5 Å². The van der Waals surface area contributed by atoms with Crippen LogP contribution < -0.4 is 4.90 Å². The molecule has 2 aromatic carbocycles. The lowest BCUT2D eigenvalue weighted by atomic mass is 9.92. The van der Waals surface area contributed by atoms with E-state index in [-0.39, 0.29) is 24.2 Å². The fourth-order valence-electron chi connectivity index (χ4n) is 4.92. The largest absolute Gasteiger partial charge is 0.342 e. The molecule has 3 aromatic rings. The topological polar surface area (TPSA) is 79.5 Å². The molecule has 2 aliphatic rings. The summed E-state index contributed by atoms with van der Waals surface area (Å²) in [5.41, 5.74) is 4.18. The summed E-state index contributed by atoms with van der Waals surface area (Å²) >= 11 is 0. The van der Waals surface area contributed by atoms with E-state index < -0.39 is 0 Å². The molecule has 2 saturated heterocycles. The summed E-state index contributed by atoms with van der Waals surface area (Å²) in [4.78, 5) is 34.1. The van der Waals surface area contributed by atoms with Crippen LogP contribution in [0.25, 0.3) is 11.4 Å². The van der Waals surface area contributed by atoms with Gasteiger partial charge in [-0.15, -0.1) is 0 Å². The van der Waals surface area contributed by atoms with E-state index in [0.717, 1.165) is 36.1 Å². The minimum Gasteiger partial charge on any atom is -0.342 e. The van der Waals surface area contributed by atoms with Gasteiger partial charge in [-0.05, 0) is 55.9 Å². The standard InChI is InChI=1S/C27H30N4O3/c1-18-8-9-23(14-19(18)2)31-17-22(16-25(31)32)27(33)30-12-10-20(11-13-30)15-24-28-26(29-34-24)21-6-4-3-5-7-21/h3-9,14,20,22H,10-13,15-17H2,1-2H3/t22-/m1/s1. The highest BCUT2D eigenvalue weighted by atomic mass is 16.5. The average Bonchev–Trinajstić information content (AvgIpc) is 3.48. The Balaban J connectivity index is 1.14. The van der Waals surface area contributed by atoms with Gasteiger partial charge in [0.15, 0.2) is 0 Å². The molecule has 7 heteroatoms. The van der Waals surface area contributed by atoms with Crippen LogP contribution >= 0.6 is 0 Å². The van der Waals surface area contributed by atoms with Crippen molar-refractivity contribution in [3.63, 3.8) is 0 Å². The first-order chi connectivity index (χ1) is 16.5. The Hall–Kier alpha value is -3.48. The average molecular weight is 459 g/mol. The molecule has 0 N–H and O–H groups in total. The van der Waals surface area contributed by atoms with Crippen LogP contribution in [0.5, 0.6) is 0 Å². The number of nitrogens with zero attached hydrogens (tertiary/aromatic N) is 4. The van der Waals surface area contributed by atoms with Crippen molar-refractivity contribution in [2.24, 2.45) is 11.8 Å². The summed E-state index contributed by atoms with van der Waals surface area (Å²) in [5.74, 6) is 1.53. The summed E-state index contributed by atoms with van der Waals surface area (Å²) in [7, 11) is 0. The van der Waals surface area contributed by atoms with Gasteiger partial charge in [-0.2, -0.15) is 4.98 Å². The molecule has 2 aliphatic heterocycles. The SMILES string of the molecule is Cc1ccc(N2C[C@H](C(=O)N3CCC(Cc4nc(-c5ccccc5)no4)CC3)CC2=O)cc1C. The van der Waals surface area contributed by atoms with Gasteiger partial charge in [0.05, 0.1) is 5.92 Å². The second-order valence-corrected chi connectivity index (χ2v) is 9.52. The highest BCUT2D eigenvalue weighted by molar-refractivity contribution is 6.00. The fourth-order valence-corrected chi connectivity index (χ4v) is 4.92. The first-order valence-electron chi connectivity index (χ1n) is 12.0. The van der Waals surface area contributed by atoms with Crippen LogP contribution in [0.2, 0.25) is 0 Å². The van der Waals surface area contributed by atoms with Crippen molar-refractivity contribution in [1.29, 1.82) is 0 Å². The molecule has 0 radical (unpaired) electrons. The molecule has 2 fully saturated rings. The van der Waals surface area contributed by atoms with Crippen molar-refractivity contribution in [2.75, 3.05) is 24.5 Å². The number of carbonyl (C=O) groups excluding carboxylic acids is 2. The quantitative estimate of drug-likeness (QED) is 0.573. The Bertz CT molecular complexity index is 1180. The van der Waals surface area contributed by atoms with Crippen molar-refractivity contribution >= 4 is 17.5 Å². The Morgan fingerprint density at radius 3 is 2.56 bits per heavy atom. The second kappa shape index (κ2) is 9.41. The molecule has 0 spiro atoms. The van der Waals surface area contributed by atoms with E-state index in [1.165, 1.54) is 5.56 Å². The van der Waals surface area contributed by atoms with Crippen LogP contribution in [-0.2, 0) is 16.0 Å². The highest BCUT2D eigenvalue weighted by Gasteiger charge is 2.38. The van der Waals surface area contributed by atoms with Gasteiger partial charge in [0, 0.05) is 43.7 Å². The van der Waals surface area contributed by atoms with Crippen LogP contribution in [-0.4, -0.2) is 46.5 Å². The predicted molar refractivity (Wildman–Crippen MR) is 129 cm³/mol. The molecule has 0 bridgehead atoms. The number of hydrogen-bond acceptors (Lipinski definition) is 5. The minimum absolute atomic E-state index is 0.0297. The Morgan fingerprint density at radius 1 is 1.06 bits per heavy atom. The summed E-state index contributed by atoms with van der Waals surface area (Å²) in [6, 6.07) is 15.8. The summed E-state index contributed by atoms with van der Waals surface area (Å²) in [5, 5.41) is 4.11. The number of rotatable bonds is 5. The van der Waals surface area contributed by atoms with Gasteiger partial charge in [-0.3, -0.25) is 9.59 Å². The third-order valence-electron chi connectivity index (χ3n) is 7.17. The predicted octanol–water partition coefficient (Wildman–Crippen LogP) is 4.19. The maximum Gasteiger partial charge on any atom is 0.228 e. The highest BCUT2D eigenvalue weighted by Crippen LogP contribution is 2.30. The second-order valence-electron chi connectivity index (χ2n) is 9.52. The summed E-state index contributed by atoms with van der Waals surface area (Å²) in [6.07, 6.45) is 2.81. The van der Waals surface area contributed by atoms with E-state index >= 15 is 0 Å². The molecule has 0 saturated carbocycles. The van der Waals surface area contributed by atoms with E-state index in [4.69, 9.17) is 4.52 Å². The lowest BCUT2D eigenvalue weighted by Crippen LogP contribution is -2.42. The molecule has 7 nitrogen and oxygen atoms in total. The van der Waals surface area contributed by atoms with Crippen LogP contribution in [0, 0.1) is 25.7 Å². The maximum absolute atomic E-state index is 13.2. The van der Waals surface area contributed by atoms with Gasteiger partial charge in [-0.1, -0.05) is 41.6 Å². The lowest BCUT2D eigenvalue weighted by molar-refractivity contribution is -0.137. The molecular weight excluding hydrogens is 428 g/mol. The molecule has 0 aliphatic carbocycles. The van der Waals surface area contributed by atoms with Gasteiger partial charge in [0.1, 0.15) is 0 Å². The Kier molecular flexibility index (Phi) is 6.18. The Labute approximate surface area is 199 Å². The third kappa shape index (κ3) is 4.60. The number of anilines is 1. The van der Waals surface area contributed by atoms with Gasteiger partial charge < -0.3 is 14.3 Å². The molecule has 0 unspecified atom stereocenters. The number of benzene rings is 2. The van der Waals surface area contributed by atoms with E-state index in [0.29, 0.717) is 37.3 Å². The van der Waals surface area contributed by atoms with E-state index in [2.05, 4.69) is 17.1 Å². The van der Waals surface area contributed by atoms with Crippen molar-refractivity contribution < 1.29 is 14.1 Å². The number of piperidine rings is 1. The van der Waals surface area contributed by atoms with Crippen molar-refractivity contribution in [2.45, 2.75) is 39.5 Å². The number of hydrogen-bond donors (Lipinski definition) is 0. The van der Waals surface area contributed by atoms with Crippen LogP contribution in [0.15, 0.2) is 53.1 Å². The maximum atomic E-state index is 13.2. The fraction of sp³-hybridized carbons (Fsp3) is 0.407. The molecule has 34 heavy (non-hydrogen) atoms. The first-order valence-corrected chi connectivity index (χ1v) is 12.0. The molecule has 176 valence electrons. The van der Waals surface area contributed by atoms with Gasteiger partial charge in [-0.25, -0.2) is 0 Å². The van der Waals surface area contributed by atoms with Crippen LogP contribution in [0.1, 0.15) is 36.3 Å².